The van der Waals surface area contributed by atoms with Gasteiger partial charge in [-0.1, -0.05) is 20.8 Å². The van der Waals surface area contributed by atoms with E-state index in [9.17, 15) is 0 Å². The van der Waals surface area contributed by atoms with Crippen molar-refractivity contribution in [3.63, 3.8) is 0 Å². The van der Waals surface area contributed by atoms with Gasteiger partial charge in [-0.15, -0.1) is 11.3 Å². The molecule has 0 unspecified atom stereocenters. The lowest BCUT2D eigenvalue weighted by Crippen LogP contribution is -2.49. The number of hydrogen-bond acceptors (Lipinski definition) is 4. The molecule has 1 aromatic rings. The Labute approximate surface area is 133 Å². The van der Waals surface area contributed by atoms with Gasteiger partial charge in [-0.2, -0.15) is 0 Å². The van der Waals surface area contributed by atoms with Crippen LogP contribution in [0.5, 0.6) is 0 Å². The molecule has 2 rings (SSSR count). The van der Waals surface area contributed by atoms with Crippen LogP contribution < -0.4 is 5.32 Å². The summed E-state index contributed by atoms with van der Waals surface area (Å²) in [5, 5.41) is 7.31. The first-order valence-corrected chi connectivity index (χ1v) is 8.92. The van der Waals surface area contributed by atoms with Gasteiger partial charge in [0.1, 0.15) is 5.01 Å². The third kappa shape index (κ3) is 3.85. The standard InChI is InChI=1S/C17H30N2OS/c1-12(2)19-17(9-7-13(20-6)8-10-17)15-18-14(11-21-15)16(3,4)5/h11-13,19H,7-10H2,1-6H3. The van der Waals surface area contributed by atoms with Gasteiger partial charge in [0.05, 0.1) is 17.3 Å². The summed E-state index contributed by atoms with van der Waals surface area (Å²) in [5.41, 5.74) is 1.37. The molecule has 0 bridgehead atoms. The highest BCUT2D eigenvalue weighted by Crippen LogP contribution is 2.41. The third-order valence-electron chi connectivity index (χ3n) is 4.37. The molecule has 120 valence electrons. The molecule has 4 heteroatoms. The minimum Gasteiger partial charge on any atom is -0.381 e. The van der Waals surface area contributed by atoms with E-state index >= 15 is 0 Å². The van der Waals surface area contributed by atoms with Crippen molar-refractivity contribution in [1.29, 1.82) is 0 Å². The molecule has 0 spiro atoms. The predicted molar refractivity (Wildman–Crippen MR) is 90.0 cm³/mol. The van der Waals surface area contributed by atoms with Crippen LogP contribution in [0.4, 0.5) is 0 Å². The maximum Gasteiger partial charge on any atom is 0.113 e. The summed E-state index contributed by atoms with van der Waals surface area (Å²) in [6.07, 6.45) is 4.86. The number of nitrogens with zero attached hydrogens (tertiary/aromatic N) is 1. The second kappa shape index (κ2) is 6.35. The summed E-state index contributed by atoms with van der Waals surface area (Å²) >= 11 is 1.82. The highest BCUT2D eigenvalue weighted by molar-refractivity contribution is 7.09. The lowest BCUT2D eigenvalue weighted by atomic mass is 9.80. The summed E-state index contributed by atoms with van der Waals surface area (Å²) in [7, 11) is 1.83. The van der Waals surface area contributed by atoms with Crippen LogP contribution >= 0.6 is 11.3 Å². The molecule has 0 saturated heterocycles. The Balaban J connectivity index is 2.26. The Kier molecular flexibility index (Phi) is 5.11. The Morgan fingerprint density at radius 3 is 2.38 bits per heavy atom. The van der Waals surface area contributed by atoms with Crippen LogP contribution in [0, 0.1) is 0 Å². The summed E-state index contributed by atoms with van der Waals surface area (Å²) in [6.45, 7) is 11.1. The summed E-state index contributed by atoms with van der Waals surface area (Å²) in [4.78, 5) is 5.00. The van der Waals surface area contributed by atoms with Crippen molar-refractivity contribution >= 4 is 11.3 Å². The highest BCUT2D eigenvalue weighted by atomic mass is 32.1. The molecule has 0 radical (unpaired) electrons. The smallest absolute Gasteiger partial charge is 0.113 e. The number of ether oxygens (including phenoxy) is 1. The Morgan fingerprint density at radius 2 is 1.95 bits per heavy atom. The Hall–Kier alpha value is -0.450. The van der Waals surface area contributed by atoms with Crippen molar-refractivity contribution in [2.45, 2.75) is 83.4 Å². The van der Waals surface area contributed by atoms with Gasteiger partial charge in [-0.05, 0) is 39.5 Å². The quantitative estimate of drug-likeness (QED) is 0.904. The number of methoxy groups -OCH3 is 1. The average Bonchev–Trinajstić information content (AvgIpc) is 2.89. The molecule has 0 aliphatic heterocycles. The number of rotatable bonds is 4. The third-order valence-corrected chi connectivity index (χ3v) is 5.41. The van der Waals surface area contributed by atoms with Crippen LogP contribution in [0.2, 0.25) is 0 Å². The van der Waals surface area contributed by atoms with E-state index in [1.165, 1.54) is 10.7 Å². The van der Waals surface area contributed by atoms with Gasteiger partial charge in [0.25, 0.3) is 0 Å². The molecule has 21 heavy (non-hydrogen) atoms. The van der Waals surface area contributed by atoms with E-state index in [1.807, 2.05) is 18.4 Å². The first-order valence-electron chi connectivity index (χ1n) is 8.04. The largest absolute Gasteiger partial charge is 0.381 e. The van der Waals surface area contributed by atoms with Gasteiger partial charge in [0.2, 0.25) is 0 Å². The second-order valence-corrected chi connectivity index (χ2v) is 8.46. The van der Waals surface area contributed by atoms with E-state index < -0.39 is 0 Å². The SMILES string of the molecule is COC1CCC(NC(C)C)(c2nc(C(C)(C)C)cs2)CC1. The van der Waals surface area contributed by atoms with Crippen LogP contribution in [0.3, 0.4) is 0 Å². The molecule has 1 N–H and O–H groups in total. The number of thiazole rings is 1. The Bertz CT molecular complexity index is 454. The lowest BCUT2D eigenvalue weighted by Gasteiger charge is -2.40. The van der Waals surface area contributed by atoms with Crippen LogP contribution in [0.25, 0.3) is 0 Å². The first kappa shape index (κ1) is 16.9. The fourth-order valence-corrected chi connectivity index (χ4v) is 4.40. The molecule has 0 aromatic carbocycles. The molecule has 1 aromatic heterocycles. The summed E-state index contributed by atoms with van der Waals surface area (Å²) in [6, 6.07) is 0.464. The second-order valence-electron chi connectivity index (χ2n) is 7.60. The van der Waals surface area contributed by atoms with E-state index in [0.29, 0.717) is 12.1 Å². The minimum absolute atomic E-state index is 0.0391. The van der Waals surface area contributed by atoms with E-state index in [0.717, 1.165) is 25.7 Å². The monoisotopic (exact) mass is 310 g/mol. The zero-order valence-electron chi connectivity index (χ0n) is 14.3. The number of hydrogen-bond donors (Lipinski definition) is 1. The van der Waals surface area contributed by atoms with E-state index in [1.54, 1.807) is 0 Å². The molecular formula is C17H30N2OS. The molecule has 0 atom stereocenters. The normalized spacial score (nSPS) is 27.3. The van der Waals surface area contributed by atoms with Crippen molar-refractivity contribution in [1.82, 2.24) is 10.3 Å². The molecule has 0 amide bonds. The minimum atomic E-state index is 0.0391. The van der Waals surface area contributed by atoms with Crippen molar-refractivity contribution in [3.8, 4) is 0 Å². The maximum absolute atomic E-state index is 5.54. The van der Waals surface area contributed by atoms with Gasteiger partial charge in [0, 0.05) is 23.9 Å². The lowest BCUT2D eigenvalue weighted by molar-refractivity contribution is 0.0380. The number of aromatic nitrogens is 1. The van der Waals surface area contributed by atoms with Gasteiger partial charge >= 0.3 is 0 Å². The van der Waals surface area contributed by atoms with Crippen LogP contribution in [0.1, 0.15) is 71.0 Å². The molecular weight excluding hydrogens is 280 g/mol. The van der Waals surface area contributed by atoms with Crippen molar-refractivity contribution < 1.29 is 4.74 Å². The fourth-order valence-electron chi connectivity index (χ4n) is 3.13. The van der Waals surface area contributed by atoms with Crippen LogP contribution in [-0.2, 0) is 15.7 Å². The highest BCUT2D eigenvalue weighted by Gasteiger charge is 2.40. The van der Waals surface area contributed by atoms with Crippen molar-refractivity contribution in [2.24, 2.45) is 0 Å². The van der Waals surface area contributed by atoms with Gasteiger partial charge in [-0.25, -0.2) is 4.98 Å². The summed E-state index contributed by atoms with van der Waals surface area (Å²) in [5.74, 6) is 0. The molecule has 1 heterocycles. The predicted octanol–water partition coefficient (Wildman–Crippen LogP) is 4.22. The van der Waals surface area contributed by atoms with Crippen LogP contribution in [0.15, 0.2) is 5.38 Å². The van der Waals surface area contributed by atoms with Crippen LogP contribution in [-0.4, -0.2) is 24.2 Å². The molecule has 3 nitrogen and oxygen atoms in total. The van der Waals surface area contributed by atoms with E-state index in [4.69, 9.17) is 9.72 Å². The molecule has 1 fully saturated rings. The van der Waals surface area contributed by atoms with Crippen molar-refractivity contribution in [3.05, 3.63) is 16.1 Å². The van der Waals surface area contributed by atoms with Gasteiger partial charge in [-0.3, -0.25) is 0 Å². The molecule has 1 aliphatic carbocycles. The van der Waals surface area contributed by atoms with Gasteiger partial charge in [0.15, 0.2) is 0 Å². The number of nitrogens with one attached hydrogen (secondary N) is 1. The van der Waals surface area contributed by atoms with Gasteiger partial charge < -0.3 is 10.1 Å². The summed E-state index contributed by atoms with van der Waals surface area (Å²) < 4.78 is 5.54. The topological polar surface area (TPSA) is 34.1 Å². The maximum atomic E-state index is 5.54. The van der Waals surface area contributed by atoms with Crippen molar-refractivity contribution in [2.75, 3.05) is 7.11 Å². The van der Waals surface area contributed by atoms with E-state index in [2.05, 4.69) is 45.3 Å². The molecule has 1 aliphatic rings. The fraction of sp³-hybridized carbons (Fsp3) is 0.824. The Morgan fingerprint density at radius 1 is 1.33 bits per heavy atom. The first-order chi connectivity index (χ1) is 9.77. The zero-order chi connectivity index (χ0) is 15.7. The molecule has 1 saturated carbocycles. The average molecular weight is 311 g/mol. The zero-order valence-corrected chi connectivity index (χ0v) is 15.1. The van der Waals surface area contributed by atoms with E-state index in [-0.39, 0.29) is 11.0 Å².